The van der Waals surface area contributed by atoms with E-state index in [2.05, 4.69) is 26.8 Å². The van der Waals surface area contributed by atoms with E-state index in [0.29, 0.717) is 0 Å². The molecule has 3 nitrogen and oxygen atoms in total. The van der Waals surface area contributed by atoms with Gasteiger partial charge >= 0.3 is 0 Å². The van der Waals surface area contributed by atoms with Gasteiger partial charge in [0, 0.05) is 12.2 Å². The number of benzene rings is 1. The van der Waals surface area contributed by atoms with E-state index in [1.165, 1.54) is 5.56 Å². The van der Waals surface area contributed by atoms with Crippen LogP contribution < -0.4 is 10.6 Å². The zero-order valence-electron chi connectivity index (χ0n) is 10.7. The lowest BCUT2D eigenvalue weighted by molar-refractivity contribution is -0.118. The van der Waals surface area contributed by atoms with E-state index in [-0.39, 0.29) is 17.4 Å². The van der Waals surface area contributed by atoms with Crippen molar-refractivity contribution in [1.82, 2.24) is 0 Å². The molecule has 1 aromatic carbocycles. The topological polar surface area (TPSA) is 46.3 Å². The molecule has 92 valence electrons. The summed E-state index contributed by atoms with van der Waals surface area (Å²) in [4.78, 5) is 13.8. The molecule has 0 spiro atoms. The predicted octanol–water partition coefficient (Wildman–Crippen LogP) is 2.05. The van der Waals surface area contributed by atoms with Gasteiger partial charge in [0.1, 0.15) is 0 Å². The van der Waals surface area contributed by atoms with E-state index >= 15 is 0 Å². The Bertz CT molecular complexity index is 434. The zero-order valence-corrected chi connectivity index (χ0v) is 10.7. The molecule has 1 aromatic rings. The Balaban J connectivity index is 2.43. The number of carbonyl (C=O) groups is 1. The molecule has 1 saturated heterocycles. The van der Waals surface area contributed by atoms with Gasteiger partial charge in [-0.15, -0.1) is 0 Å². The third kappa shape index (κ3) is 2.20. The Morgan fingerprint density at radius 2 is 1.94 bits per heavy atom. The van der Waals surface area contributed by atoms with Gasteiger partial charge in [0.25, 0.3) is 0 Å². The van der Waals surface area contributed by atoms with E-state index in [9.17, 15) is 4.79 Å². The van der Waals surface area contributed by atoms with E-state index < -0.39 is 0 Å². The van der Waals surface area contributed by atoms with Gasteiger partial charge in [0.05, 0.1) is 6.04 Å². The SMILES string of the molecule is CC(C)(C)c1ccccc1N1CCC(N)C1=O. The van der Waals surface area contributed by atoms with Crippen LogP contribution in [0.2, 0.25) is 0 Å². The normalized spacial score (nSPS) is 21.1. The monoisotopic (exact) mass is 232 g/mol. The number of nitrogens with zero attached hydrogens (tertiary/aromatic N) is 1. The number of para-hydroxylation sites is 1. The maximum atomic E-state index is 12.0. The molecule has 0 aliphatic carbocycles. The highest BCUT2D eigenvalue weighted by atomic mass is 16.2. The number of rotatable bonds is 1. The highest BCUT2D eigenvalue weighted by molar-refractivity contribution is 6.00. The minimum atomic E-state index is -0.331. The lowest BCUT2D eigenvalue weighted by Gasteiger charge is -2.27. The molecular weight excluding hydrogens is 212 g/mol. The Morgan fingerprint density at radius 1 is 1.29 bits per heavy atom. The molecule has 0 aromatic heterocycles. The lowest BCUT2D eigenvalue weighted by atomic mass is 9.85. The van der Waals surface area contributed by atoms with Crippen molar-refractivity contribution < 1.29 is 4.79 Å². The molecule has 0 radical (unpaired) electrons. The van der Waals surface area contributed by atoms with Crippen LogP contribution in [-0.4, -0.2) is 18.5 Å². The largest absolute Gasteiger partial charge is 0.320 e. The number of amides is 1. The Hall–Kier alpha value is -1.35. The van der Waals surface area contributed by atoms with Crippen molar-refractivity contribution in [1.29, 1.82) is 0 Å². The van der Waals surface area contributed by atoms with E-state index in [1.54, 1.807) is 0 Å². The molecule has 17 heavy (non-hydrogen) atoms. The van der Waals surface area contributed by atoms with E-state index in [0.717, 1.165) is 18.7 Å². The van der Waals surface area contributed by atoms with Crippen LogP contribution in [0.5, 0.6) is 0 Å². The van der Waals surface area contributed by atoms with E-state index in [4.69, 9.17) is 5.73 Å². The zero-order chi connectivity index (χ0) is 12.6. The fraction of sp³-hybridized carbons (Fsp3) is 0.500. The van der Waals surface area contributed by atoms with Gasteiger partial charge < -0.3 is 10.6 Å². The van der Waals surface area contributed by atoms with Gasteiger partial charge in [0.2, 0.25) is 5.91 Å². The summed E-state index contributed by atoms with van der Waals surface area (Å²) in [7, 11) is 0. The fourth-order valence-electron chi connectivity index (χ4n) is 2.28. The Kier molecular flexibility index (Phi) is 2.96. The van der Waals surface area contributed by atoms with Crippen LogP contribution in [-0.2, 0) is 10.2 Å². The minimum Gasteiger partial charge on any atom is -0.320 e. The first-order valence-corrected chi connectivity index (χ1v) is 6.08. The van der Waals surface area contributed by atoms with Crippen molar-refractivity contribution in [2.75, 3.05) is 11.4 Å². The van der Waals surface area contributed by atoms with Crippen LogP contribution in [0.1, 0.15) is 32.8 Å². The standard InChI is InChI=1S/C14H20N2O/c1-14(2,3)10-6-4-5-7-12(10)16-9-8-11(15)13(16)17/h4-7,11H,8-9,15H2,1-3H3. The van der Waals surface area contributed by atoms with Crippen LogP contribution in [0.25, 0.3) is 0 Å². The summed E-state index contributed by atoms with van der Waals surface area (Å²) in [6.45, 7) is 7.21. The van der Waals surface area contributed by atoms with Crippen molar-refractivity contribution in [3.63, 3.8) is 0 Å². The number of nitrogens with two attached hydrogens (primary N) is 1. The van der Waals surface area contributed by atoms with Crippen molar-refractivity contribution in [2.24, 2.45) is 5.73 Å². The second-order valence-electron chi connectivity index (χ2n) is 5.65. The molecule has 3 heteroatoms. The van der Waals surface area contributed by atoms with Gasteiger partial charge in [-0.3, -0.25) is 4.79 Å². The molecular formula is C14H20N2O. The maximum Gasteiger partial charge on any atom is 0.243 e. The van der Waals surface area contributed by atoms with Crippen LogP contribution >= 0.6 is 0 Å². The molecule has 1 heterocycles. The van der Waals surface area contributed by atoms with Crippen LogP contribution in [0.15, 0.2) is 24.3 Å². The van der Waals surface area contributed by atoms with Crippen LogP contribution in [0, 0.1) is 0 Å². The smallest absolute Gasteiger partial charge is 0.243 e. The highest BCUT2D eigenvalue weighted by Gasteiger charge is 2.32. The highest BCUT2D eigenvalue weighted by Crippen LogP contribution is 2.33. The molecule has 1 amide bonds. The van der Waals surface area contributed by atoms with Crippen molar-refractivity contribution >= 4 is 11.6 Å². The van der Waals surface area contributed by atoms with Crippen molar-refractivity contribution in [3.8, 4) is 0 Å². The summed E-state index contributed by atoms with van der Waals surface area (Å²) in [6, 6.07) is 7.76. The number of anilines is 1. The van der Waals surface area contributed by atoms with Crippen molar-refractivity contribution in [3.05, 3.63) is 29.8 Å². The van der Waals surface area contributed by atoms with E-state index in [1.807, 2.05) is 23.1 Å². The number of carbonyl (C=O) groups excluding carboxylic acids is 1. The summed E-state index contributed by atoms with van der Waals surface area (Å²) in [5, 5.41) is 0. The molecule has 2 N–H and O–H groups in total. The Labute approximate surface area is 103 Å². The second kappa shape index (κ2) is 4.15. The average molecular weight is 232 g/mol. The third-order valence-corrected chi connectivity index (χ3v) is 3.25. The molecule has 0 bridgehead atoms. The fourth-order valence-corrected chi connectivity index (χ4v) is 2.28. The van der Waals surface area contributed by atoms with Crippen LogP contribution in [0.3, 0.4) is 0 Å². The average Bonchev–Trinajstić information content (AvgIpc) is 2.59. The van der Waals surface area contributed by atoms with Gasteiger partial charge in [0.15, 0.2) is 0 Å². The first-order valence-electron chi connectivity index (χ1n) is 6.08. The second-order valence-corrected chi connectivity index (χ2v) is 5.65. The van der Waals surface area contributed by atoms with Gasteiger partial charge in [-0.25, -0.2) is 0 Å². The lowest BCUT2D eigenvalue weighted by Crippen LogP contribution is -2.35. The van der Waals surface area contributed by atoms with Gasteiger partial charge in [-0.05, 0) is 23.5 Å². The first-order chi connectivity index (χ1) is 7.91. The summed E-state index contributed by atoms with van der Waals surface area (Å²) >= 11 is 0. The number of hydrogen-bond donors (Lipinski definition) is 1. The van der Waals surface area contributed by atoms with Crippen LogP contribution in [0.4, 0.5) is 5.69 Å². The van der Waals surface area contributed by atoms with Gasteiger partial charge in [-0.2, -0.15) is 0 Å². The third-order valence-electron chi connectivity index (χ3n) is 3.25. The van der Waals surface area contributed by atoms with Crippen molar-refractivity contribution in [2.45, 2.75) is 38.6 Å². The summed E-state index contributed by atoms with van der Waals surface area (Å²) in [6.07, 6.45) is 0.747. The molecule has 1 fully saturated rings. The molecule has 1 unspecified atom stereocenters. The maximum absolute atomic E-state index is 12.0. The Morgan fingerprint density at radius 3 is 2.47 bits per heavy atom. The quantitative estimate of drug-likeness (QED) is 0.805. The summed E-state index contributed by atoms with van der Waals surface area (Å²) in [5.74, 6) is 0.0432. The molecule has 2 rings (SSSR count). The number of hydrogen-bond acceptors (Lipinski definition) is 2. The molecule has 0 saturated carbocycles. The molecule has 1 aliphatic heterocycles. The first kappa shape index (κ1) is 12.1. The molecule has 1 atom stereocenters. The predicted molar refractivity (Wildman–Crippen MR) is 70.1 cm³/mol. The van der Waals surface area contributed by atoms with Gasteiger partial charge in [-0.1, -0.05) is 39.0 Å². The summed E-state index contributed by atoms with van der Waals surface area (Å²) < 4.78 is 0. The molecule has 1 aliphatic rings. The minimum absolute atomic E-state index is 0.0313. The summed E-state index contributed by atoms with van der Waals surface area (Å²) in [5.41, 5.74) is 8.01.